The van der Waals surface area contributed by atoms with Crippen molar-refractivity contribution in [1.82, 2.24) is 19.5 Å². The van der Waals surface area contributed by atoms with Gasteiger partial charge in [-0.2, -0.15) is 0 Å². The molecule has 0 fully saturated rings. The van der Waals surface area contributed by atoms with E-state index < -0.39 is 22.8 Å². The SMILES string of the molecule is Cc1c(C(=O)Cc2ccc(Oc3ncnc4[nH]cc(-c5ccccc5)c34)c(F)c2)c(=O)c2cc(F)ccc2n1C. The molecule has 0 atom stereocenters. The van der Waals surface area contributed by atoms with Crippen LogP contribution in [-0.2, 0) is 13.5 Å². The number of pyridine rings is 1. The number of halogens is 2. The number of fused-ring (bicyclic) bond motifs is 2. The van der Waals surface area contributed by atoms with E-state index in [4.69, 9.17) is 4.74 Å². The molecule has 1 N–H and O–H groups in total. The number of nitrogens with zero attached hydrogens (tertiary/aromatic N) is 3. The number of carbonyl (C=O) groups is 1. The van der Waals surface area contributed by atoms with Gasteiger partial charge < -0.3 is 14.3 Å². The number of carbonyl (C=O) groups excluding carboxylic acids is 1. The average molecular weight is 537 g/mol. The molecule has 7 nitrogen and oxygen atoms in total. The Kier molecular flexibility index (Phi) is 6.18. The number of aromatic nitrogens is 4. The summed E-state index contributed by atoms with van der Waals surface area (Å²) in [5, 5.41) is 0.716. The number of hydrogen-bond donors (Lipinski definition) is 1. The number of ketones is 1. The lowest BCUT2D eigenvalue weighted by Crippen LogP contribution is -2.23. The summed E-state index contributed by atoms with van der Waals surface area (Å²) >= 11 is 0. The summed E-state index contributed by atoms with van der Waals surface area (Å²) < 4.78 is 36.6. The van der Waals surface area contributed by atoms with Gasteiger partial charge in [0.05, 0.1) is 16.5 Å². The Morgan fingerprint density at radius 1 is 1.02 bits per heavy atom. The number of rotatable bonds is 6. The lowest BCUT2D eigenvalue weighted by atomic mass is 9.99. The van der Waals surface area contributed by atoms with Gasteiger partial charge in [-0.1, -0.05) is 36.4 Å². The van der Waals surface area contributed by atoms with Crippen LogP contribution in [0.15, 0.2) is 84.0 Å². The zero-order valence-corrected chi connectivity index (χ0v) is 21.5. The van der Waals surface area contributed by atoms with Crippen molar-refractivity contribution in [2.24, 2.45) is 7.05 Å². The summed E-state index contributed by atoms with van der Waals surface area (Å²) in [7, 11) is 1.70. The van der Waals surface area contributed by atoms with Gasteiger partial charge in [-0.05, 0) is 48.4 Å². The first-order valence-electron chi connectivity index (χ1n) is 12.5. The molecule has 0 unspecified atom stereocenters. The van der Waals surface area contributed by atoms with Crippen molar-refractivity contribution in [3.05, 3.63) is 118 Å². The number of H-pyrrole nitrogens is 1. The lowest BCUT2D eigenvalue weighted by Gasteiger charge is -2.14. The topological polar surface area (TPSA) is 89.9 Å². The molecule has 0 amide bonds. The highest BCUT2D eigenvalue weighted by atomic mass is 19.1. The third-order valence-corrected chi connectivity index (χ3v) is 7.02. The van der Waals surface area contributed by atoms with Crippen molar-refractivity contribution < 1.29 is 18.3 Å². The molecule has 3 aromatic carbocycles. The van der Waals surface area contributed by atoms with Gasteiger partial charge >= 0.3 is 0 Å². The first-order valence-corrected chi connectivity index (χ1v) is 12.5. The van der Waals surface area contributed by atoms with Gasteiger partial charge in [0, 0.05) is 36.3 Å². The van der Waals surface area contributed by atoms with Gasteiger partial charge in [0.25, 0.3) is 0 Å². The number of aryl methyl sites for hydroxylation is 1. The Hall–Kier alpha value is -5.18. The molecule has 0 radical (unpaired) electrons. The summed E-state index contributed by atoms with van der Waals surface area (Å²) in [5.41, 5.74) is 2.98. The predicted octanol–water partition coefficient (Wildman–Crippen LogP) is 6.28. The van der Waals surface area contributed by atoms with Crippen LogP contribution in [-0.4, -0.2) is 25.3 Å². The number of nitrogens with one attached hydrogen (secondary N) is 1. The van der Waals surface area contributed by atoms with Crippen LogP contribution in [0.25, 0.3) is 33.1 Å². The smallest absolute Gasteiger partial charge is 0.232 e. The Bertz CT molecular complexity index is 2000. The first kappa shape index (κ1) is 25.1. The maximum atomic E-state index is 15.2. The van der Waals surface area contributed by atoms with Crippen molar-refractivity contribution in [3.8, 4) is 22.8 Å². The predicted molar refractivity (Wildman–Crippen MR) is 148 cm³/mol. The van der Waals surface area contributed by atoms with Crippen LogP contribution < -0.4 is 10.2 Å². The van der Waals surface area contributed by atoms with Crippen molar-refractivity contribution in [2.45, 2.75) is 13.3 Å². The van der Waals surface area contributed by atoms with E-state index in [0.717, 1.165) is 17.2 Å². The van der Waals surface area contributed by atoms with Crippen LogP contribution in [0, 0.1) is 18.6 Å². The molecule has 198 valence electrons. The van der Waals surface area contributed by atoms with Gasteiger partial charge in [-0.15, -0.1) is 0 Å². The Morgan fingerprint density at radius 3 is 2.60 bits per heavy atom. The molecule has 0 aliphatic carbocycles. The minimum Gasteiger partial charge on any atom is -0.435 e. The van der Waals surface area contributed by atoms with Crippen LogP contribution in [0.4, 0.5) is 8.78 Å². The fourth-order valence-corrected chi connectivity index (χ4v) is 4.93. The summed E-state index contributed by atoms with van der Waals surface area (Å²) in [4.78, 5) is 37.9. The number of benzene rings is 3. The lowest BCUT2D eigenvalue weighted by molar-refractivity contribution is 0.0990. The molecule has 0 bridgehead atoms. The molecule has 3 aromatic heterocycles. The molecular weight excluding hydrogens is 514 g/mol. The van der Waals surface area contributed by atoms with E-state index >= 15 is 4.39 Å². The zero-order chi connectivity index (χ0) is 28.0. The molecule has 0 aliphatic heterocycles. The van der Waals surface area contributed by atoms with Crippen molar-refractivity contribution in [1.29, 1.82) is 0 Å². The quantitative estimate of drug-likeness (QED) is 0.253. The standard InChI is InChI=1S/C31H22F2N4O3/c1-17-27(29(39)21-14-20(32)9-10-24(21)37(17)2)25(38)13-18-8-11-26(23(33)12-18)40-31-28-22(19-6-4-3-5-7-19)15-34-30(28)35-16-36-31/h3-12,14-16H,13H2,1-2H3,(H,34,35,36). The van der Waals surface area contributed by atoms with E-state index in [9.17, 15) is 14.0 Å². The third-order valence-electron chi connectivity index (χ3n) is 7.02. The maximum absolute atomic E-state index is 15.2. The monoisotopic (exact) mass is 536 g/mol. The van der Waals surface area contributed by atoms with Crippen LogP contribution in [0.2, 0.25) is 0 Å². The molecule has 0 saturated heterocycles. The molecular formula is C31H22F2N4O3. The van der Waals surface area contributed by atoms with Gasteiger partial charge in [-0.25, -0.2) is 18.7 Å². The molecule has 6 aromatic rings. The minimum atomic E-state index is -0.695. The third kappa shape index (κ3) is 4.31. The van der Waals surface area contributed by atoms with Crippen LogP contribution in [0.1, 0.15) is 21.6 Å². The second-order valence-corrected chi connectivity index (χ2v) is 9.45. The van der Waals surface area contributed by atoms with Gasteiger partial charge in [-0.3, -0.25) is 9.59 Å². The second-order valence-electron chi connectivity index (χ2n) is 9.45. The normalized spacial score (nSPS) is 11.3. The van der Waals surface area contributed by atoms with Crippen molar-refractivity contribution >= 4 is 27.7 Å². The number of aromatic amines is 1. The molecule has 6 rings (SSSR count). The Morgan fingerprint density at radius 2 is 1.82 bits per heavy atom. The van der Waals surface area contributed by atoms with Crippen LogP contribution in [0.5, 0.6) is 11.6 Å². The molecule has 0 spiro atoms. The Balaban J connectivity index is 1.30. The molecule has 9 heteroatoms. The van der Waals surface area contributed by atoms with E-state index in [1.54, 1.807) is 30.8 Å². The van der Waals surface area contributed by atoms with Gasteiger partial charge in [0.1, 0.15) is 17.8 Å². The van der Waals surface area contributed by atoms with Gasteiger partial charge in [0.15, 0.2) is 17.3 Å². The van der Waals surface area contributed by atoms with E-state index in [2.05, 4.69) is 15.0 Å². The van der Waals surface area contributed by atoms with E-state index in [-0.39, 0.29) is 29.0 Å². The second kappa shape index (κ2) is 9.85. The highest BCUT2D eigenvalue weighted by molar-refractivity contribution is 6.01. The van der Waals surface area contributed by atoms with Crippen LogP contribution in [0.3, 0.4) is 0 Å². The summed E-state index contributed by atoms with van der Waals surface area (Å²) in [5.74, 6) is -1.66. The maximum Gasteiger partial charge on any atom is 0.232 e. The van der Waals surface area contributed by atoms with Crippen molar-refractivity contribution in [3.63, 3.8) is 0 Å². The minimum absolute atomic E-state index is 0.0504. The first-order chi connectivity index (χ1) is 19.3. The number of ether oxygens (including phenoxy) is 1. The molecule has 3 heterocycles. The average Bonchev–Trinajstić information content (AvgIpc) is 3.39. The highest BCUT2D eigenvalue weighted by Crippen LogP contribution is 2.35. The molecule has 0 saturated carbocycles. The van der Waals surface area contributed by atoms with Gasteiger partial charge in [0.2, 0.25) is 11.3 Å². The summed E-state index contributed by atoms with van der Waals surface area (Å²) in [6.45, 7) is 1.65. The highest BCUT2D eigenvalue weighted by Gasteiger charge is 2.21. The van der Waals surface area contributed by atoms with Crippen molar-refractivity contribution in [2.75, 3.05) is 0 Å². The van der Waals surface area contributed by atoms with E-state index in [1.807, 2.05) is 30.3 Å². The number of Topliss-reactive ketones (excluding diaryl/α,β-unsaturated/α-hetero) is 1. The largest absolute Gasteiger partial charge is 0.435 e. The Labute approximate surface area is 226 Å². The molecule has 0 aliphatic rings. The zero-order valence-electron chi connectivity index (χ0n) is 21.5. The molecule has 40 heavy (non-hydrogen) atoms. The number of hydrogen-bond acceptors (Lipinski definition) is 5. The summed E-state index contributed by atoms with van der Waals surface area (Å²) in [6.07, 6.45) is 2.90. The summed E-state index contributed by atoms with van der Waals surface area (Å²) in [6, 6.07) is 17.7. The van der Waals surface area contributed by atoms with Crippen LogP contribution >= 0.6 is 0 Å². The van der Waals surface area contributed by atoms with E-state index in [0.29, 0.717) is 27.8 Å². The fourth-order valence-electron chi connectivity index (χ4n) is 4.93. The fraction of sp³-hybridized carbons (Fsp3) is 0.0968. The van der Waals surface area contributed by atoms with E-state index in [1.165, 1.54) is 30.6 Å².